The molecule has 106 valence electrons. The van der Waals surface area contributed by atoms with Crippen LogP contribution in [0.15, 0.2) is 36.5 Å². The normalized spacial score (nSPS) is 9.67. The Kier molecular flexibility index (Phi) is 4.70. The molecule has 1 amide bonds. The zero-order valence-corrected chi connectivity index (χ0v) is 12.1. The van der Waals surface area contributed by atoms with Gasteiger partial charge in [0, 0.05) is 28.7 Å². The van der Waals surface area contributed by atoms with Gasteiger partial charge in [0.2, 0.25) is 0 Å². The lowest BCUT2D eigenvalue weighted by Gasteiger charge is -2.07. The number of pyridine rings is 1. The summed E-state index contributed by atoms with van der Waals surface area (Å²) in [4.78, 5) is 16.3. The van der Waals surface area contributed by atoms with Crippen molar-refractivity contribution < 1.29 is 4.79 Å². The molecule has 2 aromatic rings. The Balaban J connectivity index is 2.23. The highest BCUT2D eigenvalue weighted by atomic mass is 16.1. The quantitative estimate of drug-likeness (QED) is 0.829. The molecule has 0 bridgehead atoms. The van der Waals surface area contributed by atoms with Gasteiger partial charge in [-0.3, -0.25) is 9.78 Å². The summed E-state index contributed by atoms with van der Waals surface area (Å²) in [6, 6.07) is 9.13. The second kappa shape index (κ2) is 6.69. The molecule has 3 N–H and O–H groups in total. The molecule has 0 fully saturated rings. The van der Waals surface area contributed by atoms with Crippen molar-refractivity contribution >= 4 is 11.6 Å². The van der Waals surface area contributed by atoms with E-state index in [9.17, 15) is 4.79 Å². The van der Waals surface area contributed by atoms with Crippen LogP contribution in [-0.4, -0.2) is 17.4 Å². The maximum atomic E-state index is 12.2. The highest BCUT2D eigenvalue weighted by Gasteiger charge is 2.07. The van der Waals surface area contributed by atoms with Crippen LogP contribution in [0.3, 0.4) is 0 Å². The highest BCUT2D eigenvalue weighted by molar-refractivity contribution is 6.04. The SMILES string of the molecule is Cc1cc(C#CCN)cc(NC(=O)c2ccnc(C)c2)c1. The van der Waals surface area contributed by atoms with Gasteiger partial charge in [-0.2, -0.15) is 0 Å². The van der Waals surface area contributed by atoms with Gasteiger partial charge in [-0.05, 0) is 49.7 Å². The first-order valence-corrected chi connectivity index (χ1v) is 6.63. The molecule has 0 spiro atoms. The van der Waals surface area contributed by atoms with Crippen LogP contribution in [0.2, 0.25) is 0 Å². The smallest absolute Gasteiger partial charge is 0.255 e. The molecule has 0 aliphatic carbocycles. The molecule has 0 aliphatic heterocycles. The molecule has 21 heavy (non-hydrogen) atoms. The molecule has 1 aromatic carbocycles. The van der Waals surface area contributed by atoms with Gasteiger partial charge in [-0.15, -0.1) is 0 Å². The maximum Gasteiger partial charge on any atom is 0.255 e. The number of nitrogens with two attached hydrogens (primary N) is 1. The van der Waals surface area contributed by atoms with Crippen LogP contribution in [0, 0.1) is 25.7 Å². The Morgan fingerprint density at radius 3 is 2.81 bits per heavy atom. The van der Waals surface area contributed by atoms with Gasteiger partial charge in [-0.1, -0.05) is 11.8 Å². The van der Waals surface area contributed by atoms with Crippen molar-refractivity contribution in [3.8, 4) is 11.8 Å². The Morgan fingerprint density at radius 1 is 1.29 bits per heavy atom. The number of nitrogens with zero attached hydrogens (tertiary/aromatic N) is 1. The fourth-order valence-corrected chi connectivity index (χ4v) is 1.97. The summed E-state index contributed by atoms with van der Waals surface area (Å²) in [5, 5.41) is 2.88. The molecule has 0 unspecified atom stereocenters. The number of carbonyl (C=O) groups excluding carboxylic acids is 1. The van der Waals surface area contributed by atoms with Crippen molar-refractivity contribution in [2.75, 3.05) is 11.9 Å². The predicted octanol–water partition coefficient (Wildman–Crippen LogP) is 2.26. The first kappa shape index (κ1) is 14.8. The van der Waals surface area contributed by atoms with E-state index in [1.807, 2.05) is 32.0 Å². The van der Waals surface area contributed by atoms with Gasteiger partial charge < -0.3 is 11.1 Å². The van der Waals surface area contributed by atoms with Crippen LogP contribution in [-0.2, 0) is 0 Å². The highest BCUT2D eigenvalue weighted by Crippen LogP contribution is 2.15. The lowest BCUT2D eigenvalue weighted by Crippen LogP contribution is -2.12. The van der Waals surface area contributed by atoms with Crippen molar-refractivity contribution in [3.63, 3.8) is 0 Å². The largest absolute Gasteiger partial charge is 0.322 e. The molecule has 0 atom stereocenters. The Bertz CT molecular complexity index is 726. The van der Waals surface area contributed by atoms with Gasteiger partial charge in [0.1, 0.15) is 0 Å². The van der Waals surface area contributed by atoms with E-state index >= 15 is 0 Å². The topological polar surface area (TPSA) is 68.0 Å². The lowest BCUT2D eigenvalue weighted by atomic mass is 10.1. The number of rotatable bonds is 2. The third-order valence-electron chi connectivity index (χ3n) is 2.83. The van der Waals surface area contributed by atoms with Crippen molar-refractivity contribution in [2.24, 2.45) is 5.73 Å². The van der Waals surface area contributed by atoms with Crippen molar-refractivity contribution in [1.29, 1.82) is 0 Å². The Labute approximate surface area is 124 Å². The standard InChI is InChI=1S/C17H17N3O/c1-12-8-14(4-3-6-18)11-16(9-12)20-17(21)15-5-7-19-13(2)10-15/h5,7-11H,6,18H2,1-2H3,(H,20,21). The number of hydrogen-bond donors (Lipinski definition) is 2. The molecular formula is C17H17N3O. The first-order chi connectivity index (χ1) is 10.1. The first-order valence-electron chi connectivity index (χ1n) is 6.63. The fourth-order valence-electron chi connectivity index (χ4n) is 1.97. The molecular weight excluding hydrogens is 262 g/mol. The number of anilines is 1. The monoisotopic (exact) mass is 279 g/mol. The van der Waals surface area contributed by atoms with E-state index < -0.39 is 0 Å². The van der Waals surface area contributed by atoms with Crippen LogP contribution in [0.1, 0.15) is 27.2 Å². The van der Waals surface area contributed by atoms with Crippen molar-refractivity contribution in [3.05, 3.63) is 58.9 Å². The van der Waals surface area contributed by atoms with Gasteiger partial charge in [0.15, 0.2) is 0 Å². The molecule has 0 saturated heterocycles. The fraction of sp³-hybridized carbons (Fsp3) is 0.176. The molecule has 4 nitrogen and oxygen atoms in total. The maximum absolute atomic E-state index is 12.2. The molecule has 4 heteroatoms. The van der Waals surface area contributed by atoms with Gasteiger partial charge in [0.25, 0.3) is 5.91 Å². The number of carbonyl (C=O) groups is 1. The molecule has 0 saturated carbocycles. The summed E-state index contributed by atoms with van der Waals surface area (Å²) in [5.74, 6) is 5.62. The minimum absolute atomic E-state index is 0.163. The summed E-state index contributed by atoms with van der Waals surface area (Å²) in [5.41, 5.74) is 9.34. The predicted molar refractivity (Wildman–Crippen MR) is 84.0 cm³/mol. The number of aromatic nitrogens is 1. The third-order valence-corrected chi connectivity index (χ3v) is 2.83. The summed E-state index contributed by atoms with van der Waals surface area (Å²) in [6.45, 7) is 4.12. The average molecular weight is 279 g/mol. The van der Waals surface area contributed by atoms with E-state index in [2.05, 4.69) is 22.1 Å². The van der Waals surface area contributed by atoms with Crippen LogP contribution in [0.25, 0.3) is 0 Å². The van der Waals surface area contributed by atoms with Crippen molar-refractivity contribution in [2.45, 2.75) is 13.8 Å². The minimum atomic E-state index is -0.163. The number of aryl methyl sites for hydroxylation is 2. The number of benzene rings is 1. The second-order valence-corrected chi connectivity index (χ2v) is 4.73. The van der Waals surface area contributed by atoms with E-state index in [4.69, 9.17) is 5.73 Å². The zero-order chi connectivity index (χ0) is 15.2. The summed E-state index contributed by atoms with van der Waals surface area (Å²) in [7, 11) is 0. The molecule has 0 radical (unpaired) electrons. The summed E-state index contributed by atoms with van der Waals surface area (Å²) < 4.78 is 0. The van der Waals surface area contributed by atoms with Crippen LogP contribution >= 0.6 is 0 Å². The molecule has 1 aromatic heterocycles. The second-order valence-electron chi connectivity index (χ2n) is 4.73. The lowest BCUT2D eigenvalue weighted by molar-refractivity contribution is 0.102. The van der Waals surface area contributed by atoms with Gasteiger partial charge >= 0.3 is 0 Å². The van der Waals surface area contributed by atoms with Crippen LogP contribution in [0.5, 0.6) is 0 Å². The Hall–Kier alpha value is -2.64. The Morgan fingerprint density at radius 2 is 2.10 bits per heavy atom. The van der Waals surface area contributed by atoms with Crippen LogP contribution in [0.4, 0.5) is 5.69 Å². The number of nitrogens with one attached hydrogen (secondary N) is 1. The summed E-state index contributed by atoms with van der Waals surface area (Å²) in [6.07, 6.45) is 1.62. The van der Waals surface area contributed by atoms with Gasteiger partial charge in [0.05, 0.1) is 6.54 Å². The van der Waals surface area contributed by atoms with Crippen molar-refractivity contribution in [1.82, 2.24) is 4.98 Å². The van der Waals surface area contributed by atoms with Gasteiger partial charge in [-0.25, -0.2) is 0 Å². The van der Waals surface area contributed by atoms with E-state index in [1.54, 1.807) is 18.3 Å². The van der Waals surface area contributed by atoms with E-state index in [0.29, 0.717) is 12.1 Å². The van der Waals surface area contributed by atoms with E-state index in [0.717, 1.165) is 22.5 Å². The number of hydrogen-bond acceptors (Lipinski definition) is 3. The zero-order valence-electron chi connectivity index (χ0n) is 12.1. The molecule has 0 aliphatic rings. The minimum Gasteiger partial charge on any atom is -0.322 e. The average Bonchev–Trinajstić information content (AvgIpc) is 2.44. The number of amides is 1. The summed E-state index contributed by atoms with van der Waals surface area (Å²) >= 11 is 0. The van der Waals surface area contributed by atoms with E-state index in [1.165, 1.54) is 0 Å². The van der Waals surface area contributed by atoms with E-state index in [-0.39, 0.29) is 5.91 Å². The third kappa shape index (κ3) is 4.16. The molecule has 2 rings (SSSR count). The van der Waals surface area contributed by atoms with Crippen LogP contribution < -0.4 is 11.1 Å². The molecule has 1 heterocycles.